The van der Waals surface area contributed by atoms with E-state index in [1.165, 1.54) is 38.5 Å². The molecule has 3 N–H and O–H groups in total. The first kappa shape index (κ1) is 14.1. The van der Waals surface area contributed by atoms with Gasteiger partial charge in [0.05, 0.1) is 12.0 Å². The van der Waals surface area contributed by atoms with Gasteiger partial charge in [-0.2, -0.15) is 0 Å². The summed E-state index contributed by atoms with van der Waals surface area (Å²) in [6.45, 7) is 0.972. The maximum atomic E-state index is 10.7. The number of aromatic nitrogens is 2. The molecule has 5 heteroatoms. The number of carboxylic acids is 1. The van der Waals surface area contributed by atoms with Gasteiger partial charge < -0.3 is 15.4 Å². The molecule has 1 fully saturated rings. The number of hydrogen-bond acceptors (Lipinski definition) is 3. The van der Waals surface area contributed by atoms with E-state index < -0.39 is 12.0 Å². The summed E-state index contributed by atoms with van der Waals surface area (Å²) in [5, 5.41) is 8.76. The number of imidazole rings is 1. The standard InChI is InChI=1S/C14H23N3O2/c15-13(14(18)19)8-12-9-17(10-16-12)7-6-11-4-2-1-3-5-11/h9-11,13H,1-8,15H2,(H,18,19)/t13-/m0/s1. The van der Waals surface area contributed by atoms with E-state index in [1.54, 1.807) is 6.33 Å². The molecule has 0 spiro atoms. The van der Waals surface area contributed by atoms with Crippen molar-refractivity contribution in [3.63, 3.8) is 0 Å². The van der Waals surface area contributed by atoms with Crippen LogP contribution in [-0.2, 0) is 17.8 Å². The molecule has 1 aliphatic carbocycles. The van der Waals surface area contributed by atoms with E-state index in [4.69, 9.17) is 10.8 Å². The van der Waals surface area contributed by atoms with E-state index in [0.717, 1.165) is 18.2 Å². The Morgan fingerprint density at radius 2 is 2.21 bits per heavy atom. The molecular weight excluding hydrogens is 242 g/mol. The van der Waals surface area contributed by atoms with Crippen LogP contribution in [0.1, 0.15) is 44.2 Å². The molecule has 1 aromatic rings. The third-order valence-electron chi connectivity index (χ3n) is 3.95. The molecule has 1 aromatic heterocycles. The van der Waals surface area contributed by atoms with Crippen LogP contribution in [0.5, 0.6) is 0 Å². The molecule has 0 unspecified atom stereocenters. The number of aliphatic carboxylic acids is 1. The Bertz CT molecular complexity index is 411. The van der Waals surface area contributed by atoms with Crippen LogP contribution in [-0.4, -0.2) is 26.7 Å². The van der Waals surface area contributed by atoms with Crippen molar-refractivity contribution in [1.82, 2.24) is 9.55 Å². The molecule has 0 aromatic carbocycles. The zero-order valence-electron chi connectivity index (χ0n) is 11.3. The number of rotatable bonds is 6. The SMILES string of the molecule is N[C@@H](Cc1cn(CCC2CCCCC2)cn1)C(=O)O. The summed E-state index contributed by atoms with van der Waals surface area (Å²) >= 11 is 0. The minimum Gasteiger partial charge on any atom is -0.480 e. The van der Waals surface area contributed by atoms with Gasteiger partial charge in [-0.05, 0) is 12.3 Å². The summed E-state index contributed by atoms with van der Waals surface area (Å²) in [7, 11) is 0. The number of nitrogens with two attached hydrogens (primary N) is 1. The summed E-state index contributed by atoms with van der Waals surface area (Å²) in [6, 6.07) is -0.860. The minimum atomic E-state index is -0.975. The largest absolute Gasteiger partial charge is 0.480 e. The molecule has 0 saturated heterocycles. The van der Waals surface area contributed by atoms with Crippen molar-refractivity contribution in [1.29, 1.82) is 0 Å². The third kappa shape index (κ3) is 4.35. The highest BCUT2D eigenvalue weighted by Crippen LogP contribution is 2.26. The second-order valence-corrected chi connectivity index (χ2v) is 5.54. The van der Waals surface area contributed by atoms with Crippen LogP contribution < -0.4 is 5.73 Å². The average molecular weight is 265 g/mol. The van der Waals surface area contributed by atoms with Crippen molar-refractivity contribution in [3.05, 3.63) is 18.2 Å². The lowest BCUT2D eigenvalue weighted by Crippen LogP contribution is -2.32. The molecular formula is C14H23N3O2. The van der Waals surface area contributed by atoms with Crippen LogP contribution in [0.4, 0.5) is 0 Å². The quantitative estimate of drug-likeness (QED) is 0.822. The number of carboxylic acid groups (broad SMARTS) is 1. The van der Waals surface area contributed by atoms with Crippen molar-refractivity contribution in [2.45, 2.75) is 57.5 Å². The Morgan fingerprint density at radius 3 is 2.89 bits per heavy atom. The van der Waals surface area contributed by atoms with Gasteiger partial charge >= 0.3 is 5.97 Å². The van der Waals surface area contributed by atoms with Gasteiger partial charge in [0.1, 0.15) is 6.04 Å². The van der Waals surface area contributed by atoms with Gasteiger partial charge in [-0.25, -0.2) is 4.98 Å². The van der Waals surface area contributed by atoms with Gasteiger partial charge in [0, 0.05) is 19.2 Å². The van der Waals surface area contributed by atoms with Crippen LogP contribution in [0, 0.1) is 5.92 Å². The monoisotopic (exact) mass is 265 g/mol. The summed E-state index contributed by atoms with van der Waals surface area (Å²) < 4.78 is 2.05. The highest BCUT2D eigenvalue weighted by molar-refractivity contribution is 5.73. The van der Waals surface area contributed by atoms with E-state index in [9.17, 15) is 4.79 Å². The molecule has 0 radical (unpaired) electrons. The molecule has 5 nitrogen and oxygen atoms in total. The van der Waals surface area contributed by atoms with Crippen LogP contribution >= 0.6 is 0 Å². The van der Waals surface area contributed by atoms with E-state index in [-0.39, 0.29) is 0 Å². The number of hydrogen-bond donors (Lipinski definition) is 2. The van der Waals surface area contributed by atoms with Crippen molar-refractivity contribution in [3.8, 4) is 0 Å². The number of nitrogens with zero attached hydrogens (tertiary/aromatic N) is 2. The zero-order chi connectivity index (χ0) is 13.7. The Labute approximate surface area is 113 Å². The van der Waals surface area contributed by atoms with Crippen LogP contribution in [0.3, 0.4) is 0 Å². The Morgan fingerprint density at radius 1 is 1.47 bits per heavy atom. The van der Waals surface area contributed by atoms with E-state index >= 15 is 0 Å². The normalized spacial score (nSPS) is 18.4. The van der Waals surface area contributed by atoms with Gasteiger partial charge in [0.15, 0.2) is 0 Å². The summed E-state index contributed by atoms with van der Waals surface area (Å²) in [5.41, 5.74) is 6.26. The maximum Gasteiger partial charge on any atom is 0.320 e. The lowest BCUT2D eigenvalue weighted by molar-refractivity contribution is -0.138. The summed E-state index contributed by atoms with van der Waals surface area (Å²) in [6.07, 6.45) is 12.0. The van der Waals surface area contributed by atoms with Crippen LogP contribution in [0.2, 0.25) is 0 Å². The van der Waals surface area contributed by atoms with Crippen molar-refractivity contribution in [2.24, 2.45) is 11.7 Å². The molecule has 1 aliphatic rings. The molecule has 2 rings (SSSR count). The predicted molar refractivity (Wildman–Crippen MR) is 72.7 cm³/mol. The maximum absolute atomic E-state index is 10.7. The Kier molecular flexibility index (Phi) is 4.96. The van der Waals surface area contributed by atoms with Crippen LogP contribution in [0.15, 0.2) is 12.5 Å². The van der Waals surface area contributed by atoms with E-state index in [1.807, 2.05) is 6.20 Å². The fraction of sp³-hybridized carbons (Fsp3) is 0.714. The zero-order valence-corrected chi connectivity index (χ0v) is 11.3. The first-order valence-corrected chi connectivity index (χ1v) is 7.14. The van der Waals surface area contributed by atoms with Gasteiger partial charge in [0.2, 0.25) is 0 Å². The molecule has 106 valence electrons. The van der Waals surface area contributed by atoms with E-state index in [2.05, 4.69) is 9.55 Å². The van der Waals surface area contributed by atoms with Crippen molar-refractivity contribution >= 4 is 5.97 Å². The summed E-state index contributed by atoms with van der Waals surface area (Å²) in [4.78, 5) is 14.9. The molecule has 0 aliphatic heterocycles. The van der Waals surface area contributed by atoms with Gasteiger partial charge in [0.25, 0.3) is 0 Å². The fourth-order valence-electron chi connectivity index (χ4n) is 2.75. The third-order valence-corrected chi connectivity index (χ3v) is 3.95. The smallest absolute Gasteiger partial charge is 0.320 e. The minimum absolute atomic E-state index is 0.297. The topological polar surface area (TPSA) is 81.1 Å². The lowest BCUT2D eigenvalue weighted by atomic mass is 9.87. The molecule has 1 saturated carbocycles. The average Bonchev–Trinajstić information content (AvgIpc) is 2.85. The Hall–Kier alpha value is -1.36. The molecule has 0 bridgehead atoms. The first-order valence-electron chi connectivity index (χ1n) is 7.14. The van der Waals surface area contributed by atoms with Gasteiger partial charge in [-0.15, -0.1) is 0 Å². The molecule has 1 heterocycles. The second-order valence-electron chi connectivity index (χ2n) is 5.54. The Balaban J connectivity index is 1.78. The predicted octanol–water partition coefficient (Wildman–Crippen LogP) is 1.81. The first-order chi connectivity index (χ1) is 9.15. The lowest BCUT2D eigenvalue weighted by Gasteiger charge is -2.21. The second kappa shape index (κ2) is 6.70. The van der Waals surface area contributed by atoms with Crippen molar-refractivity contribution in [2.75, 3.05) is 0 Å². The number of aryl methyl sites for hydroxylation is 1. The molecule has 19 heavy (non-hydrogen) atoms. The van der Waals surface area contributed by atoms with Gasteiger partial charge in [-0.1, -0.05) is 32.1 Å². The molecule has 0 amide bonds. The molecule has 1 atom stereocenters. The van der Waals surface area contributed by atoms with Gasteiger partial charge in [-0.3, -0.25) is 4.79 Å². The van der Waals surface area contributed by atoms with E-state index in [0.29, 0.717) is 6.42 Å². The summed E-state index contributed by atoms with van der Waals surface area (Å²) in [5.74, 6) is -0.127. The number of carbonyl (C=O) groups is 1. The fourth-order valence-corrected chi connectivity index (χ4v) is 2.75. The highest BCUT2D eigenvalue weighted by Gasteiger charge is 2.15. The van der Waals surface area contributed by atoms with Crippen LogP contribution in [0.25, 0.3) is 0 Å². The highest BCUT2D eigenvalue weighted by atomic mass is 16.4. The van der Waals surface area contributed by atoms with Crippen molar-refractivity contribution < 1.29 is 9.90 Å².